The van der Waals surface area contributed by atoms with Gasteiger partial charge in [0.25, 0.3) is 0 Å². The van der Waals surface area contributed by atoms with Gasteiger partial charge >= 0.3 is 0 Å². The third-order valence-corrected chi connectivity index (χ3v) is 3.33. The zero-order valence-corrected chi connectivity index (χ0v) is 9.90. The van der Waals surface area contributed by atoms with Crippen LogP contribution in [0.25, 0.3) is 0 Å². The lowest BCUT2D eigenvalue weighted by atomic mass is 9.73. The van der Waals surface area contributed by atoms with Crippen molar-refractivity contribution in [3.05, 3.63) is 29.8 Å². The van der Waals surface area contributed by atoms with Gasteiger partial charge in [-0.25, -0.2) is 0 Å². The minimum Gasteiger partial charge on any atom is -0.494 e. The van der Waals surface area contributed by atoms with Crippen LogP contribution in [0.2, 0.25) is 0 Å². The van der Waals surface area contributed by atoms with Crippen molar-refractivity contribution in [3.63, 3.8) is 0 Å². The smallest absolute Gasteiger partial charge is 0.119 e. The van der Waals surface area contributed by atoms with Crippen molar-refractivity contribution in [2.45, 2.75) is 25.3 Å². The van der Waals surface area contributed by atoms with Gasteiger partial charge in [-0.3, -0.25) is 0 Å². The van der Waals surface area contributed by atoms with Crippen LogP contribution in [0.4, 0.5) is 0 Å². The number of ether oxygens (including phenoxy) is 2. The van der Waals surface area contributed by atoms with Crippen molar-refractivity contribution in [2.24, 2.45) is 5.73 Å². The molecule has 0 aromatic heterocycles. The predicted octanol–water partition coefficient (Wildman–Crippen LogP) is 1.70. The molecule has 0 radical (unpaired) electrons. The molecule has 0 aliphatic carbocycles. The Bertz CT molecular complexity index is 341. The monoisotopic (exact) mass is 221 g/mol. The Hall–Kier alpha value is -1.06. The van der Waals surface area contributed by atoms with Crippen molar-refractivity contribution >= 4 is 0 Å². The number of hydrogen-bond donors (Lipinski definition) is 1. The molecule has 2 rings (SSSR count). The normalized spacial score (nSPS) is 19.9. The Labute approximate surface area is 96.5 Å². The van der Waals surface area contributed by atoms with Crippen molar-refractivity contribution in [3.8, 4) is 5.75 Å². The topological polar surface area (TPSA) is 44.5 Å². The van der Waals surface area contributed by atoms with Crippen LogP contribution in [-0.2, 0) is 10.2 Å². The number of benzene rings is 1. The summed E-state index contributed by atoms with van der Waals surface area (Å²) in [4.78, 5) is 0. The lowest BCUT2D eigenvalue weighted by Crippen LogP contribution is -2.57. The van der Waals surface area contributed by atoms with Crippen LogP contribution < -0.4 is 10.5 Å². The van der Waals surface area contributed by atoms with Gasteiger partial charge in [0.2, 0.25) is 0 Å². The van der Waals surface area contributed by atoms with E-state index >= 15 is 0 Å². The second kappa shape index (κ2) is 4.44. The third kappa shape index (κ3) is 1.81. The minimum absolute atomic E-state index is 0.00471. The van der Waals surface area contributed by atoms with E-state index in [0.29, 0.717) is 6.61 Å². The van der Waals surface area contributed by atoms with Crippen LogP contribution >= 0.6 is 0 Å². The minimum atomic E-state index is 0.00471. The van der Waals surface area contributed by atoms with Gasteiger partial charge in [0.05, 0.1) is 25.2 Å². The molecule has 1 unspecified atom stereocenters. The number of nitrogens with two attached hydrogens (primary N) is 1. The molecule has 16 heavy (non-hydrogen) atoms. The summed E-state index contributed by atoms with van der Waals surface area (Å²) in [5.41, 5.74) is 7.30. The molecule has 1 fully saturated rings. The summed E-state index contributed by atoms with van der Waals surface area (Å²) < 4.78 is 10.7. The summed E-state index contributed by atoms with van der Waals surface area (Å²) in [5, 5.41) is 0. The fraction of sp³-hybridized carbons (Fsp3) is 0.538. The van der Waals surface area contributed by atoms with E-state index < -0.39 is 0 Å². The molecule has 0 amide bonds. The Kier molecular flexibility index (Phi) is 3.17. The van der Waals surface area contributed by atoms with Gasteiger partial charge in [-0.05, 0) is 31.5 Å². The summed E-state index contributed by atoms with van der Waals surface area (Å²) >= 11 is 0. The Morgan fingerprint density at radius 3 is 2.38 bits per heavy atom. The van der Waals surface area contributed by atoms with Crippen LogP contribution in [0.1, 0.15) is 19.4 Å². The van der Waals surface area contributed by atoms with Gasteiger partial charge in [-0.15, -0.1) is 0 Å². The van der Waals surface area contributed by atoms with Gasteiger partial charge in [0, 0.05) is 6.04 Å². The molecule has 1 aromatic rings. The highest BCUT2D eigenvalue weighted by Crippen LogP contribution is 2.35. The Balaban J connectivity index is 2.20. The molecule has 1 saturated heterocycles. The first-order valence-corrected chi connectivity index (χ1v) is 5.76. The van der Waals surface area contributed by atoms with E-state index in [2.05, 4.69) is 12.1 Å². The molecule has 1 aliphatic heterocycles. The molecule has 3 nitrogen and oxygen atoms in total. The molecule has 0 spiro atoms. The van der Waals surface area contributed by atoms with E-state index in [0.717, 1.165) is 19.0 Å². The van der Waals surface area contributed by atoms with Gasteiger partial charge in [0.15, 0.2) is 0 Å². The Morgan fingerprint density at radius 2 is 2.00 bits per heavy atom. The van der Waals surface area contributed by atoms with Crippen LogP contribution in [0.15, 0.2) is 24.3 Å². The molecule has 1 atom stereocenters. The number of rotatable bonds is 4. The van der Waals surface area contributed by atoms with E-state index in [1.165, 1.54) is 5.56 Å². The summed E-state index contributed by atoms with van der Waals surface area (Å²) in [6.45, 7) is 6.16. The zero-order valence-electron chi connectivity index (χ0n) is 9.90. The summed E-state index contributed by atoms with van der Waals surface area (Å²) in [6, 6.07) is 8.30. The molecular weight excluding hydrogens is 202 g/mol. The fourth-order valence-corrected chi connectivity index (χ4v) is 2.06. The number of hydrogen-bond acceptors (Lipinski definition) is 3. The van der Waals surface area contributed by atoms with Gasteiger partial charge < -0.3 is 15.2 Å². The molecule has 1 aliphatic rings. The summed E-state index contributed by atoms with van der Waals surface area (Å²) in [6.07, 6.45) is 0. The largest absolute Gasteiger partial charge is 0.494 e. The maximum atomic E-state index is 6.05. The molecule has 1 aromatic carbocycles. The maximum absolute atomic E-state index is 6.05. The summed E-state index contributed by atoms with van der Waals surface area (Å²) in [7, 11) is 0. The van der Waals surface area contributed by atoms with Crippen LogP contribution in [0.5, 0.6) is 5.75 Å². The molecule has 3 heteroatoms. The predicted molar refractivity (Wildman–Crippen MR) is 63.8 cm³/mol. The van der Waals surface area contributed by atoms with Crippen LogP contribution in [0, 0.1) is 0 Å². The maximum Gasteiger partial charge on any atom is 0.119 e. The van der Waals surface area contributed by atoms with E-state index in [9.17, 15) is 0 Å². The van der Waals surface area contributed by atoms with E-state index in [4.69, 9.17) is 15.2 Å². The van der Waals surface area contributed by atoms with Gasteiger partial charge in [-0.1, -0.05) is 12.1 Å². The highest BCUT2D eigenvalue weighted by Gasteiger charge is 2.43. The second-order valence-corrected chi connectivity index (χ2v) is 4.40. The van der Waals surface area contributed by atoms with Crippen LogP contribution in [0.3, 0.4) is 0 Å². The van der Waals surface area contributed by atoms with Gasteiger partial charge in [-0.2, -0.15) is 0 Å². The molecular formula is C13H19NO2. The standard InChI is InChI=1S/C13H19NO2/c1-3-16-12-6-4-11(5-7-12)13(10(2)14)8-15-9-13/h4-7,10H,3,8-9,14H2,1-2H3. The molecule has 88 valence electrons. The zero-order chi connectivity index (χ0) is 11.6. The molecule has 0 saturated carbocycles. The van der Waals surface area contributed by atoms with Gasteiger partial charge in [0.1, 0.15) is 5.75 Å². The van der Waals surface area contributed by atoms with Crippen molar-refractivity contribution in [1.82, 2.24) is 0 Å². The quantitative estimate of drug-likeness (QED) is 0.841. The first kappa shape index (κ1) is 11.4. The average Bonchev–Trinajstić information content (AvgIpc) is 2.18. The Morgan fingerprint density at radius 1 is 1.38 bits per heavy atom. The van der Waals surface area contributed by atoms with E-state index in [-0.39, 0.29) is 11.5 Å². The molecule has 2 N–H and O–H groups in total. The lowest BCUT2D eigenvalue weighted by Gasteiger charge is -2.45. The molecule has 0 bridgehead atoms. The molecule has 1 heterocycles. The summed E-state index contributed by atoms with van der Waals surface area (Å²) in [5.74, 6) is 0.909. The SMILES string of the molecule is CCOc1ccc(C2(C(C)N)COC2)cc1. The highest BCUT2D eigenvalue weighted by molar-refractivity contribution is 5.35. The highest BCUT2D eigenvalue weighted by atomic mass is 16.5. The second-order valence-electron chi connectivity index (χ2n) is 4.40. The van der Waals surface area contributed by atoms with Crippen molar-refractivity contribution < 1.29 is 9.47 Å². The average molecular weight is 221 g/mol. The van der Waals surface area contributed by atoms with E-state index in [1.807, 2.05) is 26.0 Å². The first-order valence-electron chi connectivity index (χ1n) is 5.76. The van der Waals surface area contributed by atoms with Crippen molar-refractivity contribution in [1.29, 1.82) is 0 Å². The van der Waals surface area contributed by atoms with Crippen molar-refractivity contribution in [2.75, 3.05) is 19.8 Å². The van der Waals surface area contributed by atoms with Crippen LogP contribution in [-0.4, -0.2) is 25.9 Å². The fourth-order valence-electron chi connectivity index (χ4n) is 2.06. The lowest BCUT2D eigenvalue weighted by molar-refractivity contribution is -0.0701. The van der Waals surface area contributed by atoms with E-state index in [1.54, 1.807) is 0 Å². The first-order chi connectivity index (χ1) is 7.69. The third-order valence-electron chi connectivity index (χ3n) is 3.33.